The summed E-state index contributed by atoms with van der Waals surface area (Å²) in [6, 6.07) is 13.3. The summed E-state index contributed by atoms with van der Waals surface area (Å²) < 4.78 is 5.54. The average Bonchev–Trinajstić information content (AvgIpc) is 3.37. The quantitative estimate of drug-likeness (QED) is 0.446. The Hall–Kier alpha value is -2.66. The molecule has 28 heavy (non-hydrogen) atoms. The number of imide groups is 1. The lowest BCUT2D eigenvalue weighted by molar-refractivity contribution is -0.123. The molecule has 4 atom stereocenters. The van der Waals surface area contributed by atoms with E-state index in [1.165, 1.54) is 4.90 Å². The number of esters is 1. The lowest BCUT2D eigenvalue weighted by Gasteiger charge is -2.20. The summed E-state index contributed by atoms with van der Waals surface area (Å²) in [6.07, 6.45) is 3.01. The molecule has 2 saturated carbocycles. The van der Waals surface area contributed by atoms with Crippen molar-refractivity contribution in [2.45, 2.75) is 19.3 Å². The van der Waals surface area contributed by atoms with Crippen LogP contribution in [0.4, 0.5) is 5.69 Å². The highest BCUT2D eigenvalue weighted by Crippen LogP contribution is 2.57. The number of anilines is 1. The number of amides is 2. The first-order chi connectivity index (χ1) is 13.6. The van der Waals surface area contributed by atoms with Crippen molar-refractivity contribution in [2.75, 3.05) is 4.90 Å². The number of ether oxygens (including phenoxy) is 1. The van der Waals surface area contributed by atoms with Crippen molar-refractivity contribution in [3.63, 3.8) is 0 Å². The Kier molecular flexibility index (Phi) is 4.02. The molecule has 0 N–H and O–H groups in total. The van der Waals surface area contributed by atoms with Gasteiger partial charge in [0.05, 0.1) is 28.1 Å². The van der Waals surface area contributed by atoms with Crippen LogP contribution in [-0.2, 0) is 9.59 Å². The number of hydrogen-bond donors (Lipinski definition) is 0. The Bertz CT molecular complexity index is 976. The third-order valence-electron chi connectivity index (χ3n) is 6.33. The first kappa shape index (κ1) is 17.4. The van der Waals surface area contributed by atoms with Crippen molar-refractivity contribution in [3.8, 4) is 5.75 Å². The van der Waals surface area contributed by atoms with Gasteiger partial charge in [-0.1, -0.05) is 35.9 Å². The smallest absolute Gasteiger partial charge is 0.345 e. The molecule has 1 saturated heterocycles. The second-order valence-electron chi connectivity index (χ2n) is 7.73. The lowest BCUT2D eigenvalue weighted by Crippen LogP contribution is -2.33. The van der Waals surface area contributed by atoms with Gasteiger partial charge >= 0.3 is 5.97 Å². The molecule has 2 aromatic carbocycles. The number of benzene rings is 2. The van der Waals surface area contributed by atoms with Crippen LogP contribution < -0.4 is 9.64 Å². The van der Waals surface area contributed by atoms with Crippen molar-refractivity contribution in [1.29, 1.82) is 0 Å². The first-order valence-corrected chi connectivity index (χ1v) is 9.87. The zero-order valence-corrected chi connectivity index (χ0v) is 15.8. The molecule has 2 aliphatic carbocycles. The van der Waals surface area contributed by atoms with Crippen molar-refractivity contribution in [3.05, 3.63) is 59.1 Å². The van der Waals surface area contributed by atoms with Crippen LogP contribution in [0.25, 0.3) is 0 Å². The standard InChI is InChI=1S/C22H18ClNO4/c23-15-6-2-1-5-14(15)22(27)28-17-8-4-3-7-16(17)24-20(25)18-12-9-10-13(11-12)19(18)21(24)26/h1-8,12-13,18-19H,9-11H2/t12-,13-,18-,19+/m1/s1. The molecule has 3 fully saturated rings. The fraction of sp³-hybridized carbons (Fsp3) is 0.318. The van der Waals surface area contributed by atoms with E-state index in [4.69, 9.17) is 16.3 Å². The summed E-state index contributed by atoms with van der Waals surface area (Å²) in [5.74, 6) is -0.619. The number of halogens is 1. The van der Waals surface area contributed by atoms with E-state index in [1.807, 2.05) is 0 Å². The van der Waals surface area contributed by atoms with E-state index in [0.717, 1.165) is 19.3 Å². The number of hydrogen-bond acceptors (Lipinski definition) is 4. The monoisotopic (exact) mass is 395 g/mol. The van der Waals surface area contributed by atoms with Crippen LogP contribution in [0.2, 0.25) is 5.02 Å². The molecule has 0 aromatic heterocycles. The summed E-state index contributed by atoms with van der Waals surface area (Å²) in [5, 5.41) is 0.282. The van der Waals surface area contributed by atoms with Gasteiger partial charge in [0.2, 0.25) is 11.8 Å². The molecule has 3 aliphatic rings. The number of carbonyl (C=O) groups excluding carboxylic acids is 3. The summed E-state index contributed by atoms with van der Waals surface area (Å²) >= 11 is 6.08. The normalized spacial score (nSPS) is 28.0. The average molecular weight is 396 g/mol. The topological polar surface area (TPSA) is 63.7 Å². The van der Waals surface area contributed by atoms with E-state index in [0.29, 0.717) is 17.5 Å². The van der Waals surface area contributed by atoms with Crippen LogP contribution in [0.5, 0.6) is 5.75 Å². The predicted octanol–water partition coefficient (Wildman–Crippen LogP) is 4.09. The second-order valence-corrected chi connectivity index (χ2v) is 8.14. The first-order valence-electron chi connectivity index (χ1n) is 9.50. The zero-order chi connectivity index (χ0) is 19.4. The van der Waals surface area contributed by atoms with Gasteiger partial charge < -0.3 is 4.74 Å². The molecular weight excluding hydrogens is 378 g/mol. The van der Waals surface area contributed by atoms with Crippen LogP contribution in [0.3, 0.4) is 0 Å². The minimum atomic E-state index is -0.627. The Morgan fingerprint density at radius 3 is 2.21 bits per heavy atom. The number of fused-ring (bicyclic) bond motifs is 5. The predicted molar refractivity (Wildman–Crippen MR) is 103 cm³/mol. The SMILES string of the molecule is O=C(Oc1ccccc1N1C(=O)[C@@H]2[C@@H]3CC[C@H](C3)[C@@H]2C1=O)c1ccccc1Cl. The highest BCUT2D eigenvalue weighted by molar-refractivity contribution is 6.33. The van der Waals surface area contributed by atoms with Gasteiger partial charge in [-0.25, -0.2) is 9.69 Å². The highest BCUT2D eigenvalue weighted by Gasteiger charge is 2.61. The zero-order valence-electron chi connectivity index (χ0n) is 15.0. The second kappa shape index (κ2) is 6.45. The molecule has 142 valence electrons. The van der Waals surface area contributed by atoms with Gasteiger partial charge in [-0.2, -0.15) is 0 Å². The molecule has 5 rings (SSSR count). The summed E-state index contributed by atoms with van der Waals surface area (Å²) in [5.41, 5.74) is 0.555. The molecule has 1 aliphatic heterocycles. The van der Waals surface area contributed by atoms with Gasteiger partial charge in [0.1, 0.15) is 0 Å². The van der Waals surface area contributed by atoms with Crippen LogP contribution in [0.15, 0.2) is 48.5 Å². The number of nitrogens with zero attached hydrogens (tertiary/aromatic N) is 1. The Balaban J connectivity index is 1.48. The van der Waals surface area contributed by atoms with Gasteiger partial charge in [-0.3, -0.25) is 9.59 Å². The molecule has 2 amide bonds. The van der Waals surface area contributed by atoms with Gasteiger partial charge in [-0.05, 0) is 55.4 Å². The van der Waals surface area contributed by atoms with Gasteiger partial charge in [-0.15, -0.1) is 0 Å². The third kappa shape index (κ3) is 2.49. The maximum atomic E-state index is 13.1. The van der Waals surface area contributed by atoms with Crippen molar-refractivity contribution < 1.29 is 19.1 Å². The summed E-state index contributed by atoms with van der Waals surface area (Å²) in [7, 11) is 0. The maximum absolute atomic E-state index is 13.1. The number of rotatable bonds is 3. The fourth-order valence-corrected chi connectivity index (χ4v) is 5.37. The maximum Gasteiger partial charge on any atom is 0.345 e. The van der Waals surface area contributed by atoms with Crippen LogP contribution in [0, 0.1) is 23.7 Å². The van der Waals surface area contributed by atoms with E-state index in [9.17, 15) is 14.4 Å². The molecule has 1 heterocycles. The number of para-hydroxylation sites is 2. The van der Waals surface area contributed by atoms with E-state index >= 15 is 0 Å². The van der Waals surface area contributed by atoms with Crippen LogP contribution >= 0.6 is 11.6 Å². The van der Waals surface area contributed by atoms with Crippen molar-refractivity contribution >= 4 is 35.1 Å². The molecule has 2 aromatic rings. The summed E-state index contributed by atoms with van der Waals surface area (Å²) in [4.78, 5) is 40.0. The van der Waals surface area contributed by atoms with Crippen molar-refractivity contribution in [2.24, 2.45) is 23.7 Å². The molecule has 6 heteroatoms. The Labute approximate surface area is 167 Å². The third-order valence-corrected chi connectivity index (χ3v) is 6.66. The summed E-state index contributed by atoms with van der Waals surface area (Å²) in [6.45, 7) is 0. The molecular formula is C22H18ClNO4. The highest BCUT2D eigenvalue weighted by atomic mass is 35.5. The van der Waals surface area contributed by atoms with Crippen LogP contribution in [0.1, 0.15) is 29.6 Å². The molecule has 0 unspecified atom stereocenters. The minimum absolute atomic E-state index is 0.163. The van der Waals surface area contributed by atoms with Crippen LogP contribution in [-0.4, -0.2) is 17.8 Å². The van der Waals surface area contributed by atoms with Crippen molar-refractivity contribution in [1.82, 2.24) is 0 Å². The number of carbonyl (C=O) groups is 3. The van der Waals surface area contributed by atoms with Gasteiger partial charge in [0.15, 0.2) is 5.75 Å². The lowest BCUT2D eigenvalue weighted by atomic mass is 9.81. The van der Waals surface area contributed by atoms with E-state index in [-0.39, 0.29) is 40.0 Å². The molecule has 5 nitrogen and oxygen atoms in total. The van der Waals surface area contributed by atoms with E-state index in [1.54, 1.807) is 48.5 Å². The molecule has 0 spiro atoms. The fourth-order valence-electron chi connectivity index (χ4n) is 5.16. The van der Waals surface area contributed by atoms with Gasteiger partial charge in [0.25, 0.3) is 0 Å². The Morgan fingerprint density at radius 1 is 0.929 bits per heavy atom. The van der Waals surface area contributed by atoms with E-state index < -0.39 is 5.97 Å². The largest absolute Gasteiger partial charge is 0.421 e. The Morgan fingerprint density at radius 2 is 1.54 bits per heavy atom. The minimum Gasteiger partial charge on any atom is -0.421 e. The molecule has 2 bridgehead atoms. The van der Waals surface area contributed by atoms with E-state index in [2.05, 4.69) is 0 Å². The molecule has 0 radical (unpaired) electrons. The van der Waals surface area contributed by atoms with Gasteiger partial charge in [0, 0.05) is 0 Å².